The van der Waals surface area contributed by atoms with E-state index in [4.69, 9.17) is 10.8 Å². The van der Waals surface area contributed by atoms with E-state index in [9.17, 15) is 9.59 Å². The van der Waals surface area contributed by atoms with Crippen molar-refractivity contribution in [3.8, 4) is 0 Å². The van der Waals surface area contributed by atoms with E-state index < -0.39 is 11.9 Å². The third-order valence-electron chi connectivity index (χ3n) is 1.91. The lowest BCUT2D eigenvalue weighted by Crippen LogP contribution is -2.36. The van der Waals surface area contributed by atoms with Crippen molar-refractivity contribution in [2.45, 2.75) is 6.54 Å². The number of pyridine rings is 1. The number of aliphatic carboxylic acids is 1. The van der Waals surface area contributed by atoms with Crippen LogP contribution in [0.5, 0.6) is 0 Å². The maximum atomic E-state index is 10.8. The summed E-state index contributed by atoms with van der Waals surface area (Å²) in [6, 6.07) is 1.81. The Bertz CT molecular complexity index is 409. The first-order valence-electron chi connectivity index (χ1n) is 4.79. The van der Waals surface area contributed by atoms with Crippen molar-refractivity contribution in [1.82, 2.24) is 9.88 Å². The number of amides is 1. The molecule has 1 amide bonds. The molecule has 0 unspecified atom stereocenters. The maximum absolute atomic E-state index is 10.8. The van der Waals surface area contributed by atoms with E-state index in [1.165, 1.54) is 4.90 Å². The van der Waals surface area contributed by atoms with Gasteiger partial charge in [-0.3, -0.25) is 19.5 Å². The van der Waals surface area contributed by atoms with Crippen LogP contribution >= 0.6 is 15.9 Å². The molecule has 1 heterocycles. The standard InChI is InChI=1S/C10H12BrN3O3/c11-8-1-7(2-13-3-8)4-14(5-9(12)15)6-10(16)17/h1-3H,4-6H2,(H2,12,15)(H,16,17). The van der Waals surface area contributed by atoms with Crippen LogP contribution in [0.15, 0.2) is 22.9 Å². The topological polar surface area (TPSA) is 96.5 Å². The second-order valence-corrected chi connectivity index (χ2v) is 4.43. The highest BCUT2D eigenvalue weighted by Gasteiger charge is 2.13. The quantitative estimate of drug-likeness (QED) is 0.783. The first-order chi connectivity index (χ1) is 7.97. The van der Waals surface area contributed by atoms with E-state index in [0.29, 0.717) is 6.54 Å². The zero-order valence-corrected chi connectivity index (χ0v) is 10.6. The number of halogens is 1. The number of nitrogens with zero attached hydrogens (tertiary/aromatic N) is 2. The third-order valence-corrected chi connectivity index (χ3v) is 2.34. The molecule has 6 nitrogen and oxygen atoms in total. The molecule has 3 N–H and O–H groups in total. The fourth-order valence-corrected chi connectivity index (χ4v) is 1.79. The van der Waals surface area contributed by atoms with E-state index in [2.05, 4.69) is 20.9 Å². The molecule has 7 heteroatoms. The molecular formula is C10H12BrN3O3. The van der Waals surface area contributed by atoms with Crippen molar-refractivity contribution >= 4 is 27.8 Å². The van der Waals surface area contributed by atoms with E-state index >= 15 is 0 Å². The summed E-state index contributed by atoms with van der Waals surface area (Å²) in [5, 5.41) is 8.71. The summed E-state index contributed by atoms with van der Waals surface area (Å²) >= 11 is 3.26. The molecule has 0 bridgehead atoms. The summed E-state index contributed by atoms with van der Waals surface area (Å²) < 4.78 is 0.796. The Balaban J connectivity index is 2.71. The van der Waals surface area contributed by atoms with Gasteiger partial charge < -0.3 is 10.8 Å². The lowest BCUT2D eigenvalue weighted by molar-refractivity contribution is -0.138. The third kappa shape index (κ3) is 5.41. The van der Waals surface area contributed by atoms with Crippen molar-refractivity contribution in [2.24, 2.45) is 5.73 Å². The van der Waals surface area contributed by atoms with Gasteiger partial charge in [-0.05, 0) is 27.6 Å². The van der Waals surface area contributed by atoms with Gasteiger partial charge in [-0.15, -0.1) is 0 Å². The Morgan fingerprint density at radius 3 is 2.65 bits per heavy atom. The van der Waals surface area contributed by atoms with Crippen molar-refractivity contribution in [2.75, 3.05) is 13.1 Å². The van der Waals surface area contributed by atoms with Gasteiger partial charge in [0.25, 0.3) is 0 Å². The van der Waals surface area contributed by atoms with Gasteiger partial charge in [-0.1, -0.05) is 0 Å². The second kappa shape index (κ2) is 6.31. The fourth-order valence-electron chi connectivity index (χ4n) is 1.38. The predicted octanol–water partition coefficient (Wildman–Crippen LogP) is 0.216. The van der Waals surface area contributed by atoms with Gasteiger partial charge in [0.15, 0.2) is 0 Å². The van der Waals surface area contributed by atoms with Gasteiger partial charge in [-0.25, -0.2) is 0 Å². The summed E-state index contributed by atoms with van der Waals surface area (Å²) in [5.41, 5.74) is 5.86. The summed E-state index contributed by atoms with van der Waals surface area (Å²) in [5.74, 6) is -1.57. The molecule has 1 aromatic heterocycles. The normalized spacial score (nSPS) is 10.5. The molecule has 0 atom stereocenters. The molecule has 0 saturated heterocycles. The molecular weight excluding hydrogens is 290 g/mol. The van der Waals surface area contributed by atoms with E-state index in [1.54, 1.807) is 12.4 Å². The molecule has 1 rings (SSSR count). The first kappa shape index (κ1) is 13.6. The molecule has 0 radical (unpaired) electrons. The van der Waals surface area contributed by atoms with Crippen LogP contribution < -0.4 is 5.73 Å². The molecule has 0 aromatic carbocycles. The summed E-state index contributed by atoms with van der Waals surface area (Å²) in [7, 11) is 0. The molecule has 0 fully saturated rings. The molecule has 92 valence electrons. The Labute approximate surface area is 107 Å². The number of carboxylic acid groups (broad SMARTS) is 1. The molecule has 0 aliphatic heterocycles. The Morgan fingerprint density at radius 2 is 2.12 bits per heavy atom. The number of carbonyl (C=O) groups is 2. The molecule has 17 heavy (non-hydrogen) atoms. The minimum Gasteiger partial charge on any atom is -0.480 e. The molecule has 0 aliphatic rings. The molecule has 0 saturated carbocycles. The number of hydrogen-bond acceptors (Lipinski definition) is 4. The van der Waals surface area contributed by atoms with E-state index in [-0.39, 0.29) is 13.1 Å². The van der Waals surface area contributed by atoms with E-state index in [1.807, 2.05) is 6.07 Å². The monoisotopic (exact) mass is 301 g/mol. The Hall–Kier alpha value is -1.47. The zero-order valence-electron chi connectivity index (χ0n) is 8.97. The summed E-state index contributed by atoms with van der Waals surface area (Å²) in [6.45, 7) is -0.0318. The largest absolute Gasteiger partial charge is 0.480 e. The van der Waals surface area contributed by atoms with Crippen molar-refractivity contribution < 1.29 is 14.7 Å². The first-order valence-corrected chi connectivity index (χ1v) is 5.58. The second-order valence-electron chi connectivity index (χ2n) is 3.52. The smallest absolute Gasteiger partial charge is 0.317 e. The van der Waals surface area contributed by atoms with Crippen LogP contribution in [0.25, 0.3) is 0 Å². The van der Waals surface area contributed by atoms with Crippen LogP contribution in [0.3, 0.4) is 0 Å². The molecule has 0 spiro atoms. The van der Waals surface area contributed by atoms with Gasteiger partial charge >= 0.3 is 5.97 Å². The number of rotatable bonds is 6. The number of aromatic nitrogens is 1. The van der Waals surface area contributed by atoms with Crippen LogP contribution in [0.2, 0.25) is 0 Å². The highest BCUT2D eigenvalue weighted by atomic mass is 79.9. The number of carbonyl (C=O) groups excluding carboxylic acids is 1. The minimum absolute atomic E-state index is 0.0984. The highest BCUT2D eigenvalue weighted by molar-refractivity contribution is 9.10. The van der Waals surface area contributed by atoms with Gasteiger partial charge in [0.05, 0.1) is 13.1 Å². The van der Waals surface area contributed by atoms with Gasteiger partial charge in [-0.2, -0.15) is 0 Å². The number of hydrogen-bond donors (Lipinski definition) is 2. The maximum Gasteiger partial charge on any atom is 0.317 e. The van der Waals surface area contributed by atoms with Crippen LogP contribution in [-0.4, -0.2) is 40.0 Å². The van der Waals surface area contributed by atoms with Crippen molar-refractivity contribution in [3.05, 3.63) is 28.5 Å². The number of nitrogens with two attached hydrogens (primary N) is 1. The summed E-state index contributed by atoms with van der Waals surface area (Å²) in [4.78, 5) is 26.8. The van der Waals surface area contributed by atoms with Crippen molar-refractivity contribution in [3.63, 3.8) is 0 Å². The Morgan fingerprint density at radius 1 is 1.41 bits per heavy atom. The molecule has 1 aromatic rings. The Kier molecular flexibility index (Phi) is 5.05. The average Bonchev–Trinajstić information content (AvgIpc) is 2.14. The highest BCUT2D eigenvalue weighted by Crippen LogP contribution is 2.11. The van der Waals surface area contributed by atoms with Gasteiger partial charge in [0.1, 0.15) is 0 Å². The summed E-state index contributed by atoms with van der Waals surface area (Å²) in [6.07, 6.45) is 3.24. The minimum atomic E-state index is -1.01. The molecule has 0 aliphatic carbocycles. The SMILES string of the molecule is NC(=O)CN(CC(=O)O)Cc1cncc(Br)c1. The van der Waals surface area contributed by atoms with E-state index in [0.717, 1.165) is 10.0 Å². The predicted molar refractivity (Wildman–Crippen MR) is 64.0 cm³/mol. The van der Waals surface area contributed by atoms with Gasteiger partial charge in [0, 0.05) is 23.4 Å². The lowest BCUT2D eigenvalue weighted by Gasteiger charge is -2.18. The van der Waals surface area contributed by atoms with Crippen LogP contribution in [-0.2, 0) is 16.1 Å². The van der Waals surface area contributed by atoms with Crippen molar-refractivity contribution in [1.29, 1.82) is 0 Å². The lowest BCUT2D eigenvalue weighted by atomic mass is 10.2. The number of primary amides is 1. The van der Waals surface area contributed by atoms with Crippen LogP contribution in [0, 0.1) is 0 Å². The van der Waals surface area contributed by atoms with Crippen LogP contribution in [0.1, 0.15) is 5.56 Å². The van der Waals surface area contributed by atoms with Gasteiger partial charge in [0.2, 0.25) is 5.91 Å². The van der Waals surface area contributed by atoms with Crippen LogP contribution in [0.4, 0.5) is 0 Å². The zero-order chi connectivity index (χ0) is 12.8. The average molecular weight is 302 g/mol. The number of carboxylic acids is 1. The fraction of sp³-hybridized carbons (Fsp3) is 0.300.